The maximum Gasteiger partial charge on any atom is 0.310 e. The van der Waals surface area contributed by atoms with Gasteiger partial charge in [0.15, 0.2) is 0 Å². The van der Waals surface area contributed by atoms with Gasteiger partial charge in [-0.05, 0) is 63.8 Å². The Morgan fingerprint density at radius 1 is 1.35 bits per heavy atom. The fourth-order valence-corrected chi connectivity index (χ4v) is 4.29. The summed E-state index contributed by atoms with van der Waals surface area (Å²) in [5.74, 6) is 0.108. The predicted octanol–water partition coefficient (Wildman–Crippen LogP) is 1.92. The summed E-state index contributed by atoms with van der Waals surface area (Å²) >= 11 is 0. The summed E-state index contributed by atoms with van der Waals surface area (Å²) in [6.07, 6.45) is 8.48. The van der Waals surface area contributed by atoms with E-state index in [4.69, 9.17) is 10.5 Å². The third-order valence-electron chi connectivity index (χ3n) is 5.79. The zero-order valence-electron chi connectivity index (χ0n) is 12.6. The molecule has 2 unspecified atom stereocenters. The van der Waals surface area contributed by atoms with Crippen molar-refractivity contribution in [2.24, 2.45) is 17.1 Å². The molecular weight excluding hydrogens is 252 g/mol. The quantitative estimate of drug-likeness (QED) is 0.803. The summed E-state index contributed by atoms with van der Waals surface area (Å²) in [4.78, 5) is 14.5. The van der Waals surface area contributed by atoms with Crippen LogP contribution in [0.1, 0.15) is 51.9 Å². The molecule has 0 aromatic heterocycles. The van der Waals surface area contributed by atoms with E-state index in [2.05, 4.69) is 4.90 Å². The Morgan fingerprint density at radius 2 is 2.05 bits per heavy atom. The second kappa shape index (κ2) is 5.64. The molecule has 0 amide bonds. The number of likely N-dealkylation sites (tertiary alicyclic amines) is 1. The minimum absolute atomic E-state index is 0.00805. The van der Waals surface area contributed by atoms with Crippen LogP contribution in [0.5, 0.6) is 0 Å². The number of esters is 1. The third-order valence-corrected chi connectivity index (χ3v) is 5.79. The van der Waals surface area contributed by atoms with Crippen LogP contribution in [0.4, 0.5) is 0 Å². The second-order valence-electron chi connectivity index (χ2n) is 6.99. The van der Waals surface area contributed by atoms with Crippen LogP contribution in [-0.4, -0.2) is 42.6 Å². The zero-order chi connectivity index (χ0) is 14.2. The van der Waals surface area contributed by atoms with Crippen molar-refractivity contribution >= 4 is 5.97 Å². The number of carbonyl (C=O) groups excluding carboxylic acids is 1. The van der Waals surface area contributed by atoms with Gasteiger partial charge in [0, 0.05) is 18.6 Å². The minimum atomic E-state index is 0.00805. The first-order valence-electron chi connectivity index (χ1n) is 8.31. The van der Waals surface area contributed by atoms with Gasteiger partial charge in [-0.25, -0.2) is 0 Å². The van der Waals surface area contributed by atoms with Gasteiger partial charge in [0.2, 0.25) is 0 Å². The first-order valence-corrected chi connectivity index (χ1v) is 8.31. The van der Waals surface area contributed by atoms with E-state index >= 15 is 0 Å². The molecule has 1 aliphatic heterocycles. The molecule has 3 aliphatic rings. The van der Waals surface area contributed by atoms with E-state index < -0.39 is 0 Å². The lowest BCUT2D eigenvalue weighted by Gasteiger charge is -2.41. The van der Waals surface area contributed by atoms with E-state index in [0.717, 1.165) is 25.9 Å². The van der Waals surface area contributed by atoms with Crippen molar-refractivity contribution in [2.45, 2.75) is 64.0 Å². The first kappa shape index (κ1) is 14.3. The van der Waals surface area contributed by atoms with Crippen molar-refractivity contribution in [3.05, 3.63) is 0 Å². The molecule has 1 spiro atoms. The SMILES string of the molecule is CCOC(=O)C1CCCN(C2CCC3(CC2)CC3N)C1. The fraction of sp³-hybridized carbons (Fsp3) is 0.938. The maximum atomic E-state index is 11.9. The van der Waals surface area contributed by atoms with Crippen LogP contribution >= 0.6 is 0 Å². The van der Waals surface area contributed by atoms with Gasteiger partial charge in [-0.2, -0.15) is 0 Å². The van der Waals surface area contributed by atoms with E-state index in [1.807, 2.05) is 6.92 Å². The lowest BCUT2D eigenvalue weighted by molar-refractivity contribution is -0.150. The summed E-state index contributed by atoms with van der Waals surface area (Å²) in [6, 6.07) is 1.14. The van der Waals surface area contributed by atoms with Gasteiger partial charge in [-0.3, -0.25) is 9.69 Å². The van der Waals surface area contributed by atoms with Gasteiger partial charge in [0.25, 0.3) is 0 Å². The van der Waals surface area contributed by atoms with E-state index in [0.29, 0.717) is 24.1 Å². The molecule has 114 valence electrons. The zero-order valence-corrected chi connectivity index (χ0v) is 12.6. The van der Waals surface area contributed by atoms with Crippen LogP contribution in [0, 0.1) is 11.3 Å². The molecule has 0 radical (unpaired) electrons. The van der Waals surface area contributed by atoms with Crippen molar-refractivity contribution in [1.82, 2.24) is 4.90 Å². The van der Waals surface area contributed by atoms with Gasteiger partial charge in [0.05, 0.1) is 12.5 Å². The number of piperidine rings is 1. The highest BCUT2D eigenvalue weighted by atomic mass is 16.5. The van der Waals surface area contributed by atoms with Gasteiger partial charge in [-0.1, -0.05) is 0 Å². The van der Waals surface area contributed by atoms with Crippen molar-refractivity contribution < 1.29 is 9.53 Å². The van der Waals surface area contributed by atoms with Crippen LogP contribution in [0.3, 0.4) is 0 Å². The summed E-state index contributed by atoms with van der Waals surface area (Å²) < 4.78 is 5.19. The largest absolute Gasteiger partial charge is 0.466 e. The number of rotatable bonds is 3. The van der Waals surface area contributed by atoms with E-state index in [9.17, 15) is 4.79 Å². The summed E-state index contributed by atoms with van der Waals surface area (Å²) in [5.41, 5.74) is 6.58. The average molecular weight is 280 g/mol. The Labute approximate surface area is 122 Å². The number of carbonyl (C=O) groups is 1. The van der Waals surface area contributed by atoms with E-state index in [1.54, 1.807) is 0 Å². The van der Waals surface area contributed by atoms with Crippen LogP contribution in [0.15, 0.2) is 0 Å². The number of ether oxygens (including phenoxy) is 1. The Morgan fingerprint density at radius 3 is 2.65 bits per heavy atom. The molecule has 0 aromatic carbocycles. The summed E-state index contributed by atoms with van der Waals surface area (Å²) in [6.45, 7) is 4.44. The molecular formula is C16H28N2O2. The normalized spacial score (nSPS) is 41.6. The summed E-state index contributed by atoms with van der Waals surface area (Å²) in [7, 11) is 0. The van der Waals surface area contributed by atoms with Gasteiger partial charge >= 0.3 is 5.97 Å². The smallest absolute Gasteiger partial charge is 0.310 e. The van der Waals surface area contributed by atoms with Crippen LogP contribution in [-0.2, 0) is 9.53 Å². The third kappa shape index (κ3) is 2.73. The Kier molecular flexibility index (Phi) is 4.04. The van der Waals surface area contributed by atoms with Gasteiger partial charge < -0.3 is 10.5 Å². The number of hydrogen-bond acceptors (Lipinski definition) is 4. The Bertz CT molecular complexity index is 363. The lowest BCUT2D eigenvalue weighted by Crippen LogP contribution is -2.46. The molecule has 2 aliphatic carbocycles. The maximum absolute atomic E-state index is 11.9. The lowest BCUT2D eigenvalue weighted by atomic mass is 9.81. The summed E-state index contributed by atoms with van der Waals surface area (Å²) in [5, 5.41) is 0. The highest BCUT2D eigenvalue weighted by Crippen LogP contribution is 2.55. The molecule has 4 heteroatoms. The standard InChI is InChI=1S/C16H28N2O2/c1-2-20-15(19)12-4-3-9-18(11-12)13-5-7-16(8-6-13)10-14(16)17/h12-14H,2-11,17H2,1H3. The van der Waals surface area contributed by atoms with Crippen molar-refractivity contribution in [2.75, 3.05) is 19.7 Å². The average Bonchev–Trinajstić information content (AvgIpc) is 3.09. The molecule has 20 heavy (non-hydrogen) atoms. The topological polar surface area (TPSA) is 55.6 Å². The van der Waals surface area contributed by atoms with Gasteiger partial charge in [0.1, 0.15) is 0 Å². The van der Waals surface area contributed by atoms with Crippen molar-refractivity contribution in [1.29, 1.82) is 0 Å². The number of hydrogen-bond donors (Lipinski definition) is 1. The molecule has 1 heterocycles. The monoisotopic (exact) mass is 280 g/mol. The molecule has 2 atom stereocenters. The van der Waals surface area contributed by atoms with Crippen LogP contribution in [0.2, 0.25) is 0 Å². The highest BCUT2D eigenvalue weighted by Gasteiger charge is 2.53. The molecule has 2 N–H and O–H groups in total. The molecule has 3 rings (SSSR count). The number of nitrogens with zero attached hydrogens (tertiary/aromatic N) is 1. The molecule has 0 aromatic rings. The molecule has 2 saturated carbocycles. The second-order valence-corrected chi connectivity index (χ2v) is 6.99. The van der Waals surface area contributed by atoms with Crippen molar-refractivity contribution in [3.63, 3.8) is 0 Å². The van der Waals surface area contributed by atoms with Crippen LogP contribution in [0.25, 0.3) is 0 Å². The minimum Gasteiger partial charge on any atom is -0.466 e. The highest BCUT2D eigenvalue weighted by molar-refractivity contribution is 5.72. The molecule has 4 nitrogen and oxygen atoms in total. The Balaban J connectivity index is 1.51. The van der Waals surface area contributed by atoms with Gasteiger partial charge in [-0.15, -0.1) is 0 Å². The van der Waals surface area contributed by atoms with Crippen LogP contribution < -0.4 is 5.73 Å². The number of nitrogens with two attached hydrogens (primary N) is 1. The molecule has 0 bridgehead atoms. The first-order chi connectivity index (χ1) is 9.64. The molecule has 3 fully saturated rings. The fourth-order valence-electron chi connectivity index (χ4n) is 4.29. The Hall–Kier alpha value is -0.610. The van der Waals surface area contributed by atoms with E-state index in [-0.39, 0.29) is 11.9 Å². The van der Waals surface area contributed by atoms with E-state index in [1.165, 1.54) is 32.1 Å². The van der Waals surface area contributed by atoms with Crippen molar-refractivity contribution in [3.8, 4) is 0 Å². The molecule has 1 saturated heterocycles. The predicted molar refractivity (Wildman–Crippen MR) is 78.2 cm³/mol.